The van der Waals surface area contributed by atoms with Crippen LogP contribution in [0.15, 0.2) is 42.5 Å². The maximum Gasteiger partial charge on any atom is 0.269 e. The Morgan fingerprint density at radius 2 is 1.86 bits per heavy atom. The number of piperazine rings is 1. The number of ether oxygens (including phenoxy) is 1. The molecule has 0 saturated carbocycles. The molecule has 10 heteroatoms. The number of hydrogen-bond donors (Lipinski definition) is 1. The van der Waals surface area contributed by atoms with Crippen LogP contribution in [0.2, 0.25) is 5.02 Å². The third kappa shape index (κ3) is 6.23. The molecule has 2 fully saturated rings. The van der Waals surface area contributed by atoms with Crippen LogP contribution in [-0.2, 0) is 22.5 Å². The van der Waals surface area contributed by atoms with E-state index in [9.17, 15) is 14.9 Å². The number of benzene rings is 2. The molecule has 2 aromatic rings. The number of halogens is 1. The number of anilines is 1. The van der Waals surface area contributed by atoms with E-state index in [1.807, 2.05) is 30.3 Å². The molecule has 3 aliphatic heterocycles. The third-order valence-electron chi connectivity index (χ3n) is 7.70. The highest BCUT2D eigenvalue weighted by Crippen LogP contribution is 2.38. The fraction of sp³-hybridized carbons (Fsp3) is 0.519. The van der Waals surface area contributed by atoms with Crippen LogP contribution in [0, 0.1) is 16.0 Å². The normalized spacial score (nSPS) is 22.2. The number of nitro groups is 1. The molecule has 198 valence electrons. The predicted octanol–water partition coefficient (Wildman–Crippen LogP) is 2.95. The van der Waals surface area contributed by atoms with Crippen molar-refractivity contribution in [1.29, 1.82) is 0 Å². The van der Waals surface area contributed by atoms with E-state index in [2.05, 4.69) is 20.0 Å². The van der Waals surface area contributed by atoms with Crippen molar-refractivity contribution in [3.05, 3.63) is 68.7 Å². The van der Waals surface area contributed by atoms with Crippen LogP contribution in [0.5, 0.6) is 0 Å². The molecule has 37 heavy (non-hydrogen) atoms. The number of hydrogen-bond acceptors (Lipinski definition) is 7. The second kappa shape index (κ2) is 11.8. The molecule has 9 nitrogen and oxygen atoms in total. The van der Waals surface area contributed by atoms with Crippen molar-refractivity contribution in [3.63, 3.8) is 0 Å². The van der Waals surface area contributed by atoms with Crippen LogP contribution in [0.4, 0.5) is 11.4 Å². The lowest BCUT2D eigenvalue weighted by Crippen LogP contribution is -2.61. The Bertz CT molecular complexity index is 1110. The van der Waals surface area contributed by atoms with Crippen molar-refractivity contribution >= 4 is 28.9 Å². The molecular weight excluding hydrogens is 494 g/mol. The Kier molecular flexibility index (Phi) is 8.24. The van der Waals surface area contributed by atoms with E-state index in [0.717, 1.165) is 81.7 Å². The molecule has 3 heterocycles. The average Bonchev–Trinajstić information content (AvgIpc) is 2.92. The van der Waals surface area contributed by atoms with Crippen molar-refractivity contribution in [1.82, 2.24) is 15.1 Å². The van der Waals surface area contributed by atoms with Crippen LogP contribution in [0.1, 0.15) is 17.5 Å². The van der Waals surface area contributed by atoms with Gasteiger partial charge in [-0.05, 0) is 48.7 Å². The molecule has 0 unspecified atom stereocenters. The van der Waals surface area contributed by atoms with Crippen LogP contribution in [-0.4, -0.2) is 85.7 Å². The topological polar surface area (TPSA) is 91.2 Å². The number of rotatable bonds is 8. The highest BCUT2D eigenvalue weighted by Gasteiger charge is 2.41. The monoisotopic (exact) mass is 527 g/mol. The second-order valence-corrected chi connectivity index (χ2v) is 10.5. The summed E-state index contributed by atoms with van der Waals surface area (Å²) in [5.41, 5.74) is 3.15. The van der Waals surface area contributed by atoms with Crippen molar-refractivity contribution in [2.45, 2.75) is 25.4 Å². The largest absolute Gasteiger partial charge is 0.379 e. The number of nitrogens with zero attached hydrogens (tertiary/aromatic N) is 4. The van der Waals surface area contributed by atoms with Crippen molar-refractivity contribution in [3.8, 4) is 0 Å². The minimum absolute atomic E-state index is 0.00856. The fourth-order valence-corrected chi connectivity index (χ4v) is 5.87. The SMILES string of the molecule is O=C(NCCCN1CCOCC1)[C@@H]1Cc2cc([N+](=O)[O-])ccc2N2CCN(Cc3ccc(Cl)cc3)C[C@H]12. The van der Waals surface area contributed by atoms with Gasteiger partial charge in [0.05, 0.1) is 30.1 Å². The Balaban J connectivity index is 1.28. The van der Waals surface area contributed by atoms with Gasteiger partial charge in [0.25, 0.3) is 5.69 Å². The van der Waals surface area contributed by atoms with E-state index in [0.29, 0.717) is 13.0 Å². The molecule has 2 atom stereocenters. The summed E-state index contributed by atoms with van der Waals surface area (Å²) in [5.74, 6) is -0.242. The van der Waals surface area contributed by atoms with E-state index in [1.165, 1.54) is 5.56 Å². The number of amides is 1. The minimum Gasteiger partial charge on any atom is -0.379 e. The van der Waals surface area contributed by atoms with Gasteiger partial charge in [-0.2, -0.15) is 0 Å². The highest BCUT2D eigenvalue weighted by molar-refractivity contribution is 6.30. The van der Waals surface area contributed by atoms with Gasteiger partial charge >= 0.3 is 0 Å². The summed E-state index contributed by atoms with van der Waals surface area (Å²) in [7, 11) is 0. The smallest absolute Gasteiger partial charge is 0.269 e. The maximum atomic E-state index is 13.5. The van der Waals surface area contributed by atoms with Crippen molar-refractivity contribution in [2.24, 2.45) is 5.92 Å². The fourth-order valence-electron chi connectivity index (χ4n) is 5.74. The quantitative estimate of drug-likeness (QED) is 0.320. The van der Waals surface area contributed by atoms with Gasteiger partial charge in [0, 0.05) is 68.7 Å². The van der Waals surface area contributed by atoms with Crippen molar-refractivity contribution < 1.29 is 14.5 Å². The first-order valence-corrected chi connectivity index (χ1v) is 13.4. The first kappa shape index (κ1) is 25.9. The first-order chi connectivity index (χ1) is 18.0. The third-order valence-corrected chi connectivity index (χ3v) is 7.95. The van der Waals surface area contributed by atoms with E-state index >= 15 is 0 Å². The summed E-state index contributed by atoms with van der Waals surface area (Å²) < 4.78 is 5.41. The lowest BCUT2D eigenvalue weighted by Gasteiger charge is -2.49. The zero-order valence-electron chi connectivity index (χ0n) is 21.0. The predicted molar refractivity (Wildman–Crippen MR) is 143 cm³/mol. The number of carbonyl (C=O) groups is 1. The molecule has 1 N–H and O–H groups in total. The maximum absolute atomic E-state index is 13.5. The summed E-state index contributed by atoms with van der Waals surface area (Å²) in [5, 5.41) is 15.3. The van der Waals surface area contributed by atoms with Gasteiger partial charge in [-0.15, -0.1) is 0 Å². The number of morpholine rings is 1. The van der Waals surface area contributed by atoms with E-state index in [-0.39, 0.29) is 28.5 Å². The molecule has 0 aromatic heterocycles. The summed E-state index contributed by atoms with van der Waals surface area (Å²) in [4.78, 5) is 31.6. The molecule has 0 aliphatic carbocycles. The molecule has 0 radical (unpaired) electrons. The van der Waals surface area contributed by atoms with Crippen LogP contribution < -0.4 is 10.2 Å². The Morgan fingerprint density at radius 3 is 2.62 bits per heavy atom. The zero-order valence-corrected chi connectivity index (χ0v) is 21.7. The lowest BCUT2D eigenvalue weighted by atomic mass is 9.83. The van der Waals surface area contributed by atoms with E-state index in [1.54, 1.807) is 12.1 Å². The Morgan fingerprint density at radius 1 is 1.08 bits per heavy atom. The molecular formula is C27H34ClN5O4. The van der Waals surface area contributed by atoms with Gasteiger partial charge in [0.1, 0.15) is 0 Å². The summed E-state index contributed by atoms with van der Waals surface area (Å²) >= 11 is 6.06. The molecule has 3 aliphatic rings. The highest BCUT2D eigenvalue weighted by atomic mass is 35.5. The molecule has 0 spiro atoms. The van der Waals surface area contributed by atoms with Gasteiger partial charge in [-0.1, -0.05) is 23.7 Å². The van der Waals surface area contributed by atoms with Gasteiger partial charge in [-0.25, -0.2) is 0 Å². The first-order valence-electron chi connectivity index (χ1n) is 13.1. The Hall–Kier alpha value is -2.72. The lowest BCUT2D eigenvalue weighted by molar-refractivity contribution is -0.384. The summed E-state index contributed by atoms with van der Waals surface area (Å²) in [6.45, 7) is 8.14. The Labute approximate surface area is 222 Å². The number of carbonyl (C=O) groups excluding carboxylic acids is 1. The van der Waals surface area contributed by atoms with E-state index in [4.69, 9.17) is 16.3 Å². The standard InChI is InChI=1S/C27H34ClN5O4/c28-22-4-2-20(3-5-22)18-31-10-11-32-25-7-6-23(33(35)36)16-21(25)17-24(26(32)19-31)27(34)29-8-1-9-30-12-14-37-15-13-30/h2-7,16,24,26H,1,8-15,17-19H2,(H,29,34)/t24-,26-/m1/s1. The molecule has 0 bridgehead atoms. The summed E-state index contributed by atoms with van der Waals surface area (Å²) in [6.07, 6.45) is 1.39. The van der Waals surface area contributed by atoms with Crippen LogP contribution in [0.3, 0.4) is 0 Å². The number of non-ortho nitro benzene ring substituents is 1. The van der Waals surface area contributed by atoms with Crippen LogP contribution >= 0.6 is 11.6 Å². The minimum atomic E-state index is -0.364. The molecule has 1 amide bonds. The van der Waals surface area contributed by atoms with E-state index < -0.39 is 0 Å². The zero-order chi connectivity index (χ0) is 25.8. The average molecular weight is 528 g/mol. The molecule has 2 aromatic carbocycles. The second-order valence-electron chi connectivity index (χ2n) is 10.1. The number of nitrogens with one attached hydrogen (secondary N) is 1. The summed E-state index contributed by atoms with van der Waals surface area (Å²) in [6, 6.07) is 13.0. The van der Waals surface area contributed by atoms with Crippen LogP contribution in [0.25, 0.3) is 0 Å². The molecule has 5 rings (SSSR count). The molecule has 2 saturated heterocycles. The van der Waals surface area contributed by atoms with Gasteiger partial charge in [-0.3, -0.25) is 24.7 Å². The van der Waals surface area contributed by atoms with Gasteiger partial charge in [0.15, 0.2) is 0 Å². The number of fused-ring (bicyclic) bond motifs is 3. The van der Waals surface area contributed by atoms with Crippen molar-refractivity contribution in [2.75, 3.05) is 63.9 Å². The van der Waals surface area contributed by atoms with Gasteiger partial charge in [0.2, 0.25) is 5.91 Å². The number of nitro benzene ring substituents is 1. The van der Waals surface area contributed by atoms with Gasteiger partial charge < -0.3 is 15.0 Å².